The fourth-order valence-corrected chi connectivity index (χ4v) is 7.62. The molecule has 1 aliphatic heterocycles. The van der Waals surface area contributed by atoms with Gasteiger partial charge in [0.1, 0.15) is 0 Å². The van der Waals surface area contributed by atoms with E-state index in [2.05, 4.69) is 22.5 Å². The molecule has 3 saturated carbocycles. The van der Waals surface area contributed by atoms with Crippen molar-refractivity contribution in [2.75, 3.05) is 5.32 Å². The lowest BCUT2D eigenvalue weighted by atomic mass is 9.63. The maximum absolute atomic E-state index is 13.4. The van der Waals surface area contributed by atoms with Gasteiger partial charge in [0.25, 0.3) is 0 Å². The molecule has 6 aliphatic rings. The van der Waals surface area contributed by atoms with E-state index < -0.39 is 0 Å². The Balaban J connectivity index is 0.950. The summed E-state index contributed by atoms with van der Waals surface area (Å²) >= 11 is 0. The number of amides is 3. The summed E-state index contributed by atoms with van der Waals surface area (Å²) in [4.78, 5) is 45.4. The van der Waals surface area contributed by atoms with E-state index in [1.807, 2.05) is 36.4 Å². The third-order valence-electron chi connectivity index (χ3n) is 9.51. The Kier molecular flexibility index (Phi) is 5.12. The van der Waals surface area contributed by atoms with Gasteiger partial charge in [0.05, 0.1) is 11.8 Å². The summed E-state index contributed by atoms with van der Waals surface area (Å²) < 4.78 is 0. The second kappa shape index (κ2) is 8.39. The number of imide groups is 1. The highest BCUT2D eigenvalue weighted by molar-refractivity contribution is 6.06. The zero-order valence-electron chi connectivity index (χ0n) is 20.3. The van der Waals surface area contributed by atoms with Gasteiger partial charge in [0.15, 0.2) is 0 Å². The Morgan fingerprint density at radius 3 is 2.03 bits per heavy atom. The lowest BCUT2D eigenvalue weighted by Crippen LogP contribution is -2.44. The molecule has 0 spiro atoms. The summed E-state index contributed by atoms with van der Waals surface area (Å²) in [5.41, 5.74) is 3.19. The summed E-state index contributed by atoms with van der Waals surface area (Å²) in [5, 5.41) is 3.07. The first-order chi connectivity index (χ1) is 17.6. The van der Waals surface area contributed by atoms with E-state index in [1.54, 1.807) is 17.3 Å². The normalized spacial score (nSPS) is 35.9. The third-order valence-corrected chi connectivity index (χ3v) is 9.51. The van der Waals surface area contributed by atoms with Crippen molar-refractivity contribution in [2.24, 2.45) is 41.4 Å². The molecule has 1 aromatic heterocycles. The first kappa shape index (κ1) is 22.0. The third kappa shape index (κ3) is 3.53. The van der Waals surface area contributed by atoms with E-state index in [0.29, 0.717) is 24.7 Å². The number of rotatable bonds is 5. The van der Waals surface area contributed by atoms with Gasteiger partial charge in [-0.25, -0.2) is 0 Å². The molecule has 1 aromatic carbocycles. The van der Waals surface area contributed by atoms with Crippen LogP contribution in [0.2, 0.25) is 0 Å². The van der Waals surface area contributed by atoms with Crippen molar-refractivity contribution in [1.82, 2.24) is 9.88 Å². The van der Waals surface area contributed by atoms with Gasteiger partial charge in [0, 0.05) is 30.0 Å². The van der Waals surface area contributed by atoms with Crippen LogP contribution >= 0.6 is 0 Å². The number of nitrogens with one attached hydrogen (secondary N) is 1. The number of carbonyl (C=O) groups is 3. The van der Waals surface area contributed by atoms with Crippen molar-refractivity contribution < 1.29 is 14.4 Å². The Labute approximate surface area is 211 Å². The zero-order valence-corrected chi connectivity index (χ0v) is 20.3. The molecule has 1 saturated heterocycles. The number of aromatic nitrogens is 1. The average molecular weight is 482 g/mol. The van der Waals surface area contributed by atoms with Crippen molar-refractivity contribution in [3.63, 3.8) is 0 Å². The molecule has 0 unspecified atom stereocenters. The molecule has 2 bridgehead atoms. The van der Waals surface area contributed by atoms with E-state index >= 15 is 0 Å². The van der Waals surface area contributed by atoms with Crippen molar-refractivity contribution in [3.05, 3.63) is 72.1 Å². The largest absolute Gasteiger partial charge is 0.326 e. The van der Waals surface area contributed by atoms with Gasteiger partial charge in [-0.15, -0.1) is 0 Å². The lowest BCUT2D eigenvalue weighted by Gasteiger charge is -2.37. The van der Waals surface area contributed by atoms with Gasteiger partial charge in [-0.1, -0.05) is 24.3 Å². The summed E-state index contributed by atoms with van der Waals surface area (Å²) in [6, 6.07) is 12.0. The predicted octanol–water partition coefficient (Wildman–Crippen LogP) is 4.22. The van der Waals surface area contributed by atoms with Gasteiger partial charge in [-0.05, 0) is 97.6 Å². The Morgan fingerprint density at radius 2 is 1.42 bits per heavy atom. The molecule has 8 rings (SSSR count). The molecule has 1 N–H and O–H groups in total. The number of hydrogen-bond donors (Lipinski definition) is 1. The Hall–Kier alpha value is -3.28. The maximum Gasteiger partial charge on any atom is 0.233 e. The summed E-state index contributed by atoms with van der Waals surface area (Å²) in [6.07, 6.45) is 12.9. The van der Waals surface area contributed by atoms with Crippen LogP contribution in [0, 0.1) is 41.4 Å². The molecule has 6 nitrogen and oxygen atoms in total. The van der Waals surface area contributed by atoms with E-state index in [9.17, 15) is 14.4 Å². The SMILES string of the molecule is O=C(Nc1ccc(Cc2ccncc2)cc1)C1CCC(N2C(=O)[C@@H]3[C@@H]4C=C[C@H]([C@@H]5C[C@H]45)[C@@H]3C2=O)CC1. The second-order valence-electron chi connectivity index (χ2n) is 11.4. The first-order valence-electron chi connectivity index (χ1n) is 13.4. The zero-order chi connectivity index (χ0) is 24.4. The molecular formula is C30H31N3O3. The molecular weight excluding hydrogens is 450 g/mol. The molecule has 0 radical (unpaired) electrons. The van der Waals surface area contributed by atoms with Crippen LogP contribution in [0.5, 0.6) is 0 Å². The topological polar surface area (TPSA) is 79.4 Å². The molecule has 3 amide bonds. The highest BCUT2D eigenvalue weighted by Gasteiger charge is 2.67. The number of pyridine rings is 1. The first-order valence-corrected chi connectivity index (χ1v) is 13.4. The average Bonchev–Trinajstić information content (AvgIpc) is 3.69. The molecule has 36 heavy (non-hydrogen) atoms. The van der Waals surface area contributed by atoms with Gasteiger partial charge >= 0.3 is 0 Å². The molecule has 5 aliphatic carbocycles. The molecule has 6 heteroatoms. The minimum Gasteiger partial charge on any atom is -0.326 e. The van der Waals surface area contributed by atoms with Crippen LogP contribution in [-0.4, -0.2) is 33.6 Å². The highest BCUT2D eigenvalue weighted by atomic mass is 16.2. The van der Waals surface area contributed by atoms with Crippen LogP contribution in [0.4, 0.5) is 5.69 Å². The molecule has 184 valence electrons. The minimum atomic E-state index is -0.126. The van der Waals surface area contributed by atoms with Gasteiger partial charge in [-0.3, -0.25) is 24.3 Å². The molecule has 2 aromatic rings. The van der Waals surface area contributed by atoms with Crippen molar-refractivity contribution in [3.8, 4) is 0 Å². The number of carbonyl (C=O) groups excluding carboxylic acids is 3. The number of likely N-dealkylation sites (tertiary alicyclic amines) is 1. The van der Waals surface area contributed by atoms with Crippen molar-refractivity contribution in [1.29, 1.82) is 0 Å². The Morgan fingerprint density at radius 1 is 0.833 bits per heavy atom. The highest BCUT2D eigenvalue weighted by Crippen LogP contribution is 2.65. The van der Waals surface area contributed by atoms with Crippen LogP contribution in [0.1, 0.15) is 43.2 Å². The Bertz CT molecular complexity index is 1200. The summed E-state index contributed by atoms with van der Waals surface area (Å²) in [5.74, 6) is 1.61. The van der Waals surface area contributed by atoms with E-state index in [-0.39, 0.29) is 53.4 Å². The molecule has 6 atom stereocenters. The summed E-state index contributed by atoms with van der Waals surface area (Å²) in [6.45, 7) is 0. The van der Waals surface area contributed by atoms with Crippen LogP contribution in [0.3, 0.4) is 0 Å². The van der Waals surface area contributed by atoms with Crippen LogP contribution in [0.15, 0.2) is 60.9 Å². The quantitative estimate of drug-likeness (QED) is 0.512. The van der Waals surface area contributed by atoms with Crippen LogP contribution in [-0.2, 0) is 20.8 Å². The summed E-state index contributed by atoms with van der Waals surface area (Å²) in [7, 11) is 0. The van der Waals surface area contributed by atoms with E-state index in [1.165, 1.54) is 17.5 Å². The maximum atomic E-state index is 13.4. The molecule has 4 fully saturated rings. The second-order valence-corrected chi connectivity index (χ2v) is 11.4. The van der Waals surface area contributed by atoms with E-state index in [4.69, 9.17) is 0 Å². The van der Waals surface area contributed by atoms with Crippen LogP contribution < -0.4 is 5.32 Å². The van der Waals surface area contributed by atoms with Crippen molar-refractivity contribution in [2.45, 2.75) is 44.6 Å². The van der Waals surface area contributed by atoms with E-state index in [0.717, 1.165) is 24.9 Å². The minimum absolute atomic E-state index is 0.0328. The fraction of sp³-hybridized carbons (Fsp3) is 0.467. The molecule has 2 heterocycles. The van der Waals surface area contributed by atoms with Gasteiger partial charge in [-0.2, -0.15) is 0 Å². The van der Waals surface area contributed by atoms with Crippen molar-refractivity contribution >= 4 is 23.4 Å². The number of anilines is 1. The monoisotopic (exact) mass is 481 g/mol. The number of benzene rings is 1. The number of allylic oxidation sites excluding steroid dienone is 2. The predicted molar refractivity (Wildman–Crippen MR) is 134 cm³/mol. The standard InChI is InChI=1S/C30H31N3O3/c34-28(32-20-5-1-17(2-6-20)15-18-11-13-31-14-12-18)19-3-7-21(8-4-19)33-29(35)26-22-9-10-23(25-16-24(22)25)27(26)30(33)36/h1-2,5-6,9-14,19,21-27H,3-4,7-8,15-16H2,(H,32,34)/t19?,21?,22-,23-,24-,25+,26-,27+/m1/s1. The van der Waals surface area contributed by atoms with Gasteiger partial charge < -0.3 is 5.32 Å². The van der Waals surface area contributed by atoms with Crippen LogP contribution in [0.25, 0.3) is 0 Å². The number of hydrogen-bond acceptors (Lipinski definition) is 4. The number of nitrogens with zero attached hydrogens (tertiary/aromatic N) is 2. The van der Waals surface area contributed by atoms with Gasteiger partial charge in [0.2, 0.25) is 17.7 Å². The smallest absolute Gasteiger partial charge is 0.233 e. The lowest BCUT2D eigenvalue weighted by molar-refractivity contribution is -0.144. The fourth-order valence-electron chi connectivity index (χ4n) is 7.62.